The lowest BCUT2D eigenvalue weighted by atomic mass is 9.94. The molecule has 0 spiro atoms. The summed E-state index contributed by atoms with van der Waals surface area (Å²) in [6, 6.07) is 9.20. The van der Waals surface area contributed by atoms with E-state index in [1.807, 2.05) is 0 Å². The Balaban J connectivity index is 1.88. The van der Waals surface area contributed by atoms with Gasteiger partial charge in [-0.3, -0.25) is 0 Å². The van der Waals surface area contributed by atoms with Crippen LogP contribution in [0.15, 0.2) is 24.3 Å². The normalized spacial score (nSPS) is 16.4. The van der Waals surface area contributed by atoms with Crippen molar-refractivity contribution in [2.45, 2.75) is 32.7 Å². The molecule has 2 rings (SSSR count). The number of nitrogens with one attached hydrogen (secondary N) is 1. The molecule has 2 N–H and O–H groups in total. The van der Waals surface area contributed by atoms with Crippen LogP contribution >= 0.6 is 0 Å². The van der Waals surface area contributed by atoms with E-state index in [0.717, 1.165) is 19.4 Å². The zero-order valence-corrected chi connectivity index (χ0v) is 10.2. The highest BCUT2D eigenvalue weighted by molar-refractivity contribution is 5.33. The monoisotopic (exact) mass is 219 g/mol. The molecule has 16 heavy (non-hydrogen) atoms. The molecule has 0 bridgehead atoms. The molecule has 1 aromatic rings. The van der Waals surface area contributed by atoms with E-state index >= 15 is 0 Å². The van der Waals surface area contributed by atoms with E-state index in [-0.39, 0.29) is 12.0 Å². The SMILES string of the molecule is CC(C)(CO)CNC1Cc2ccccc2C1. The summed E-state index contributed by atoms with van der Waals surface area (Å²) in [6.45, 7) is 5.28. The van der Waals surface area contributed by atoms with Crippen molar-refractivity contribution in [1.29, 1.82) is 0 Å². The van der Waals surface area contributed by atoms with Crippen LogP contribution in [-0.4, -0.2) is 24.3 Å². The quantitative estimate of drug-likeness (QED) is 0.809. The van der Waals surface area contributed by atoms with Crippen molar-refractivity contribution in [2.75, 3.05) is 13.2 Å². The summed E-state index contributed by atoms with van der Waals surface area (Å²) in [7, 11) is 0. The fraction of sp³-hybridized carbons (Fsp3) is 0.571. The summed E-state index contributed by atoms with van der Waals surface area (Å²) in [6.07, 6.45) is 2.25. The molecule has 0 saturated carbocycles. The Hall–Kier alpha value is -0.860. The molecule has 2 nitrogen and oxygen atoms in total. The van der Waals surface area contributed by atoms with Crippen LogP contribution in [0.25, 0.3) is 0 Å². The molecule has 0 amide bonds. The Morgan fingerprint density at radius 2 is 1.81 bits per heavy atom. The maximum atomic E-state index is 9.20. The molecule has 1 aromatic carbocycles. The standard InChI is InChI=1S/C14H21NO/c1-14(2,10-16)9-15-13-7-11-5-3-4-6-12(11)8-13/h3-6,13,15-16H,7-10H2,1-2H3. The fourth-order valence-electron chi connectivity index (χ4n) is 2.18. The van der Waals surface area contributed by atoms with E-state index in [9.17, 15) is 5.11 Å². The molecular formula is C14H21NO. The molecule has 0 atom stereocenters. The molecule has 1 aliphatic rings. The van der Waals surface area contributed by atoms with Gasteiger partial charge in [-0.1, -0.05) is 38.1 Å². The van der Waals surface area contributed by atoms with Crippen LogP contribution in [0, 0.1) is 5.41 Å². The number of aliphatic hydroxyl groups excluding tert-OH is 1. The lowest BCUT2D eigenvalue weighted by Crippen LogP contribution is -2.39. The Kier molecular flexibility index (Phi) is 3.31. The second-order valence-electron chi connectivity index (χ2n) is 5.58. The lowest BCUT2D eigenvalue weighted by molar-refractivity contribution is 0.153. The van der Waals surface area contributed by atoms with Crippen molar-refractivity contribution < 1.29 is 5.11 Å². The average molecular weight is 219 g/mol. The van der Waals surface area contributed by atoms with Crippen molar-refractivity contribution in [1.82, 2.24) is 5.32 Å². The van der Waals surface area contributed by atoms with Gasteiger partial charge in [-0.2, -0.15) is 0 Å². The Morgan fingerprint density at radius 3 is 2.31 bits per heavy atom. The topological polar surface area (TPSA) is 32.3 Å². The molecule has 0 unspecified atom stereocenters. The lowest BCUT2D eigenvalue weighted by Gasteiger charge is -2.24. The van der Waals surface area contributed by atoms with Gasteiger partial charge in [0.15, 0.2) is 0 Å². The third kappa shape index (κ3) is 2.63. The van der Waals surface area contributed by atoms with Crippen molar-refractivity contribution in [2.24, 2.45) is 5.41 Å². The van der Waals surface area contributed by atoms with E-state index in [1.165, 1.54) is 11.1 Å². The smallest absolute Gasteiger partial charge is 0.0494 e. The van der Waals surface area contributed by atoms with E-state index in [4.69, 9.17) is 0 Å². The predicted octanol–water partition coefficient (Wildman–Crippen LogP) is 1.76. The maximum Gasteiger partial charge on any atom is 0.0494 e. The second-order valence-corrected chi connectivity index (χ2v) is 5.58. The average Bonchev–Trinajstić information content (AvgIpc) is 2.69. The summed E-state index contributed by atoms with van der Waals surface area (Å²) in [5.74, 6) is 0. The summed E-state index contributed by atoms with van der Waals surface area (Å²) < 4.78 is 0. The van der Waals surface area contributed by atoms with E-state index in [0.29, 0.717) is 6.04 Å². The number of hydrogen-bond acceptors (Lipinski definition) is 2. The first-order valence-electron chi connectivity index (χ1n) is 6.02. The molecule has 0 aromatic heterocycles. The van der Waals surface area contributed by atoms with Crippen LogP contribution in [0.4, 0.5) is 0 Å². The first kappa shape index (κ1) is 11.6. The predicted molar refractivity (Wildman–Crippen MR) is 66.5 cm³/mol. The molecular weight excluding hydrogens is 198 g/mol. The van der Waals surface area contributed by atoms with Gasteiger partial charge in [-0.25, -0.2) is 0 Å². The Labute approximate surface area is 97.7 Å². The first-order valence-corrected chi connectivity index (χ1v) is 6.02. The highest BCUT2D eigenvalue weighted by Gasteiger charge is 2.23. The van der Waals surface area contributed by atoms with Crippen LogP contribution in [0.2, 0.25) is 0 Å². The number of aliphatic hydroxyl groups is 1. The molecule has 0 aliphatic heterocycles. The van der Waals surface area contributed by atoms with Crippen molar-refractivity contribution in [3.8, 4) is 0 Å². The maximum absolute atomic E-state index is 9.20. The third-order valence-electron chi connectivity index (χ3n) is 3.35. The van der Waals surface area contributed by atoms with E-state index < -0.39 is 0 Å². The molecule has 2 heteroatoms. The van der Waals surface area contributed by atoms with Crippen LogP contribution in [-0.2, 0) is 12.8 Å². The summed E-state index contributed by atoms with van der Waals surface area (Å²) >= 11 is 0. The van der Waals surface area contributed by atoms with Gasteiger partial charge in [0, 0.05) is 24.6 Å². The zero-order chi connectivity index (χ0) is 11.6. The minimum Gasteiger partial charge on any atom is -0.396 e. The number of hydrogen-bond donors (Lipinski definition) is 2. The zero-order valence-electron chi connectivity index (χ0n) is 10.2. The molecule has 0 radical (unpaired) electrons. The molecule has 0 heterocycles. The summed E-state index contributed by atoms with van der Waals surface area (Å²) in [4.78, 5) is 0. The van der Waals surface area contributed by atoms with Crippen LogP contribution in [0.3, 0.4) is 0 Å². The highest BCUT2D eigenvalue weighted by Crippen LogP contribution is 2.22. The molecule has 0 fully saturated rings. The van der Waals surface area contributed by atoms with E-state index in [1.54, 1.807) is 0 Å². The van der Waals surface area contributed by atoms with Crippen molar-refractivity contribution in [3.63, 3.8) is 0 Å². The third-order valence-corrected chi connectivity index (χ3v) is 3.35. The molecule has 0 saturated heterocycles. The van der Waals surface area contributed by atoms with Gasteiger partial charge in [0.05, 0.1) is 0 Å². The van der Waals surface area contributed by atoms with E-state index in [2.05, 4.69) is 43.4 Å². The number of fused-ring (bicyclic) bond motifs is 1. The van der Waals surface area contributed by atoms with Gasteiger partial charge in [0.25, 0.3) is 0 Å². The van der Waals surface area contributed by atoms with Crippen molar-refractivity contribution in [3.05, 3.63) is 35.4 Å². The summed E-state index contributed by atoms with van der Waals surface area (Å²) in [5.41, 5.74) is 2.93. The van der Waals surface area contributed by atoms with Crippen molar-refractivity contribution >= 4 is 0 Å². The highest BCUT2D eigenvalue weighted by atomic mass is 16.3. The van der Waals surface area contributed by atoms with Gasteiger partial charge in [-0.05, 0) is 24.0 Å². The minimum absolute atomic E-state index is 0.0191. The Bertz CT molecular complexity index is 335. The first-order chi connectivity index (χ1) is 7.61. The minimum atomic E-state index is -0.0191. The largest absolute Gasteiger partial charge is 0.396 e. The van der Waals surface area contributed by atoms with Crippen LogP contribution < -0.4 is 5.32 Å². The molecule has 1 aliphatic carbocycles. The van der Waals surface area contributed by atoms with Crippen LogP contribution in [0.1, 0.15) is 25.0 Å². The molecule has 88 valence electrons. The van der Waals surface area contributed by atoms with Gasteiger partial charge < -0.3 is 10.4 Å². The van der Waals surface area contributed by atoms with Gasteiger partial charge in [0.2, 0.25) is 0 Å². The van der Waals surface area contributed by atoms with Gasteiger partial charge in [0.1, 0.15) is 0 Å². The Morgan fingerprint density at radius 1 is 1.25 bits per heavy atom. The number of benzene rings is 1. The number of rotatable bonds is 4. The van der Waals surface area contributed by atoms with Crippen LogP contribution in [0.5, 0.6) is 0 Å². The fourth-order valence-corrected chi connectivity index (χ4v) is 2.18. The van der Waals surface area contributed by atoms with Gasteiger partial charge >= 0.3 is 0 Å². The summed E-state index contributed by atoms with van der Waals surface area (Å²) in [5, 5.41) is 12.8. The second kappa shape index (κ2) is 4.56. The van der Waals surface area contributed by atoms with Gasteiger partial charge in [-0.15, -0.1) is 0 Å².